The van der Waals surface area contributed by atoms with Gasteiger partial charge in [-0.05, 0) is 24.7 Å². The third kappa shape index (κ3) is 1.75. The van der Waals surface area contributed by atoms with E-state index in [-0.39, 0.29) is 11.1 Å². The van der Waals surface area contributed by atoms with Gasteiger partial charge in [-0.15, -0.1) is 0 Å². The first kappa shape index (κ1) is 10.3. The van der Waals surface area contributed by atoms with Crippen LogP contribution in [0.4, 0.5) is 0 Å². The third-order valence-corrected chi connectivity index (χ3v) is 4.95. The van der Waals surface area contributed by atoms with E-state index in [1.54, 1.807) is 0 Å². The minimum Gasteiger partial charge on any atom is -0.346 e. The summed E-state index contributed by atoms with van der Waals surface area (Å²) >= 11 is 0. The van der Waals surface area contributed by atoms with Gasteiger partial charge >= 0.3 is 0 Å². The summed E-state index contributed by atoms with van der Waals surface area (Å²) < 4.78 is 11.0. The molecule has 0 aliphatic heterocycles. The zero-order valence-electron chi connectivity index (χ0n) is 7.97. The van der Waals surface area contributed by atoms with E-state index in [0.29, 0.717) is 0 Å². The minimum absolute atomic E-state index is 0.0231. The summed E-state index contributed by atoms with van der Waals surface area (Å²) in [6, 6.07) is 0. The van der Waals surface area contributed by atoms with Crippen LogP contribution in [0.1, 0.15) is 46.0 Å². The SMILES string of the molecule is CCC1(C(C)[PH](=O)O)CCCC1. The van der Waals surface area contributed by atoms with Crippen LogP contribution in [-0.2, 0) is 4.57 Å². The van der Waals surface area contributed by atoms with Crippen LogP contribution in [0.5, 0.6) is 0 Å². The fourth-order valence-corrected chi connectivity index (χ4v) is 3.45. The molecule has 3 heteroatoms. The van der Waals surface area contributed by atoms with Crippen molar-refractivity contribution in [3.05, 3.63) is 0 Å². The lowest BCUT2D eigenvalue weighted by atomic mass is 9.80. The lowest BCUT2D eigenvalue weighted by Gasteiger charge is -2.32. The standard InChI is InChI=1S/C9H19O2P/c1-3-9(6-4-5-7-9)8(2)12(10)11/h8,12H,3-7H2,1-2H3,(H,10,11). The molecule has 1 saturated carbocycles. The van der Waals surface area contributed by atoms with Gasteiger partial charge in [-0.2, -0.15) is 0 Å². The summed E-state index contributed by atoms with van der Waals surface area (Å²) in [6.07, 6.45) is 5.86. The van der Waals surface area contributed by atoms with Crippen LogP contribution >= 0.6 is 8.03 Å². The van der Waals surface area contributed by atoms with Crippen molar-refractivity contribution in [3.8, 4) is 0 Å². The molecule has 1 rings (SSSR count). The molecule has 1 aliphatic carbocycles. The van der Waals surface area contributed by atoms with E-state index >= 15 is 0 Å². The van der Waals surface area contributed by atoms with Crippen LogP contribution in [0, 0.1) is 5.41 Å². The van der Waals surface area contributed by atoms with Gasteiger partial charge in [0.1, 0.15) is 0 Å². The molecule has 2 nitrogen and oxygen atoms in total. The summed E-state index contributed by atoms with van der Waals surface area (Å²) in [6.45, 7) is 4.09. The molecule has 0 spiro atoms. The van der Waals surface area contributed by atoms with Gasteiger partial charge in [0.2, 0.25) is 0 Å². The average molecular weight is 190 g/mol. The third-order valence-electron chi connectivity index (χ3n) is 3.59. The van der Waals surface area contributed by atoms with E-state index in [4.69, 9.17) is 4.89 Å². The first-order valence-electron chi connectivity index (χ1n) is 4.85. The Hall–Kier alpha value is 0.190. The first-order chi connectivity index (χ1) is 5.62. The zero-order chi connectivity index (χ0) is 9.19. The molecule has 0 aromatic heterocycles. The van der Waals surface area contributed by atoms with Gasteiger partial charge in [0.25, 0.3) is 0 Å². The van der Waals surface area contributed by atoms with Crippen molar-refractivity contribution in [2.75, 3.05) is 0 Å². The fourth-order valence-electron chi connectivity index (χ4n) is 2.43. The van der Waals surface area contributed by atoms with Crippen LogP contribution in [0.2, 0.25) is 0 Å². The molecule has 2 unspecified atom stereocenters. The Bertz CT molecular complexity index is 173. The molecule has 1 N–H and O–H groups in total. The fraction of sp³-hybridized carbons (Fsp3) is 1.00. The van der Waals surface area contributed by atoms with Crippen LogP contribution in [0.15, 0.2) is 0 Å². The van der Waals surface area contributed by atoms with E-state index in [2.05, 4.69) is 6.92 Å². The van der Waals surface area contributed by atoms with Gasteiger partial charge in [0, 0.05) is 5.66 Å². The molecule has 1 aliphatic rings. The number of hydrogen-bond acceptors (Lipinski definition) is 1. The Kier molecular flexibility index (Phi) is 3.37. The predicted octanol–water partition coefficient (Wildman–Crippen LogP) is 2.81. The highest BCUT2D eigenvalue weighted by atomic mass is 31.1. The highest BCUT2D eigenvalue weighted by Crippen LogP contribution is 2.50. The lowest BCUT2D eigenvalue weighted by molar-refractivity contribution is 0.267. The molecule has 2 atom stereocenters. The van der Waals surface area contributed by atoms with E-state index in [1.165, 1.54) is 12.8 Å². The maximum absolute atomic E-state index is 11.0. The van der Waals surface area contributed by atoms with Crippen molar-refractivity contribution in [2.24, 2.45) is 5.41 Å². The Labute approximate surface area is 75.2 Å². The maximum Gasteiger partial charge on any atom is 0.192 e. The normalized spacial score (nSPS) is 26.9. The number of rotatable bonds is 3. The highest BCUT2D eigenvalue weighted by Gasteiger charge is 2.39. The minimum atomic E-state index is -2.31. The Morgan fingerprint density at radius 3 is 2.33 bits per heavy atom. The zero-order valence-corrected chi connectivity index (χ0v) is 8.97. The van der Waals surface area contributed by atoms with Gasteiger partial charge < -0.3 is 4.89 Å². The van der Waals surface area contributed by atoms with Crippen molar-refractivity contribution >= 4 is 8.03 Å². The highest BCUT2D eigenvalue weighted by molar-refractivity contribution is 7.38. The van der Waals surface area contributed by atoms with Crippen molar-refractivity contribution < 1.29 is 9.46 Å². The predicted molar refractivity (Wildman–Crippen MR) is 51.9 cm³/mol. The van der Waals surface area contributed by atoms with Crippen molar-refractivity contribution in [1.82, 2.24) is 0 Å². The molecule has 0 aromatic rings. The van der Waals surface area contributed by atoms with Gasteiger partial charge in [-0.3, -0.25) is 4.57 Å². The molecule has 72 valence electrons. The summed E-state index contributed by atoms with van der Waals surface area (Å²) in [5.74, 6) is 0. The summed E-state index contributed by atoms with van der Waals surface area (Å²) in [5.41, 5.74) is 0.222. The van der Waals surface area contributed by atoms with Gasteiger partial charge in [0.05, 0.1) is 0 Å². The van der Waals surface area contributed by atoms with E-state index in [1.807, 2.05) is 6.92 Å². The molecule has 0 heterocycles. The van der Waals surface area contributed by atoms with Crippen molar-refractivity contribution in [2.45, 2.75) is 51.6 Å². The smallest absolute Gasteiger partial charge is 0.192 e. The lowest BCUT2D eigenvalue weighted by Crippen LogP contribution is -2.26. The number of hydrogen-bond donors (Lipinski definition) is 1. The summed E-state index contributed by atoms with van der Waals surface area (Å²) in [4.78, 5) is 9.12. The van der Waals surface area contributed by atoms with Crippen LogP contribution < -0.4 is 0 Å². The van der Waals surface area contributed by atoms with Crippen molar-refractivity contribution in [3.63, 3.8) is 0 Å². The topological polar surface area (TPSA) is 37.3 Å². The molecule has 0 radical (unpaired) electrons. The van der Waals surface area contributed by atoms with E-state index in [0.717, 1.165) is 19.3 Å². The summed E-state index contributed by atoms with van der Waals surface area (Å²) in [5, 5.41) is 0. The second-order valence-electron chi connectivity index (χ2n) is 3.98. The maximum atomic E-state index is 11.0. The summed E-state index contributed by atoms with van der Waals surface area (Å²) in [7, 11) is -2.31. The largest absolute Gasteiger partial charge is 0.346 e. The van der Waals surface area contributed by atoms with Gasteiger partial charge in [-0.1, -0.05) is 26.7 Å². The van der Waals surface area contributed by atoms with Crippen LogP contribution in [0.3, 0.4) is 0 Å². The van der Waals surface area contributed by atoms with Gasteiger partial charge in [0.15, 0.2) is 8.03 Å². The van der Waals surface area contributed by atoms with Crippen LogP contribution in [0.25, 0.3) is 0 Å². The monoisotopic (exact) mass is 190 g/mol. The Morgan fingerprint density at radius 1 is 1.50 bits per heavy atom. The molecule has 0 aromatic carbocycles. The molecule has 0 bridgehead atoms. The molecule has 12 heavy (non-hydrogen) atoms. The van der Waals surface area contributed by atoms with Gasteiger partial charge in [-0.25, -0.2) is 0 Å². The first-order valence-corrected chi connectivity index (χ1v) is 6.28. The molecule has 0 saturated heterocycles. The Morgan fingerprint density at radius 2 is 2.00 bits per heavy atom. The molecule has 0 amide bonds. The molecular formula is C9H19O2P. The Balaban J connectivity index is 2.71. The second-order valence-corrected chi connectivity index (χ2v) is 5.53. The molecular weight excluding hydrogens is 171 g/mol. The van der Waals surface area contributed by atoms with Crippen LogP contribution in [-0.4, -0.2) is 10.6 Å². The molecule has 1 fully saturated rings. The average Bonchev–Trinajstić information content (AvgIpc) is 2.52. The quantitative estimate of drug-likeness (QED) is 0.695. The van der Waals surface area contributed by atoms with Crippen molar-refractivity contribution in [1.29, 1.82) is 0 Å². The second kappa shape index (κ2) is 3.93. The van der Waals surface area contributed by atoms with E-state index < -0.39 is 8.03 Å². The van der Waals surface area contributed by atoms with E-state index in [9.17, 15) is 4.57 Å².